The Morgan fingerprint density at radius 1 is 1.03 bits per heavy atom. The van der Waals surface area contributed by atoms with Crippen molar-refractivity contribution in [3.8, 4) is 5.75 Å². The third-order valence-electron chi connectivity index (χ3n) is 8.15. The van der Waals surface area contributed by atoms with Crippen molar-refractivity contribution in [2.75, 3.05) is 26.2 Å². The van der Waals surface area contributed by atoms with Crippen LogP contribution in [0, 0.1) is 0 Å². The zero-order valence-corrected chi connectivity index (χ0v) is 23.6. The molecule has 0 aromatic heterocycles. The predicted molar refractivity (Wildman–Crippen MR) is 136 cm³/mol. The van der Waals surface area contributed by atoms with Gasteiger partial charge in [-0.25, -0.2) is 0 Å². The average Bonchev–Trinajstić information content (AvgIpc) is 3.16. The third kappa shape index (κ3) is 6.02. The van der Waals surface area contributed by atoms with Gasteiger partial charge in [0, 0.05) is 0 Å². The fourth-order valence-corrected chi connectivity index (χ4v) is 21.9. The van der Waals surface area contributed by atoms with Crippen LogP contribution in [0.15, 0.2) is 18.2 Å². The van der Waals surface area contributed by atoms with Crippen molar-refractivity contribution in [2.24, 2.45) is 0 Å². The van der Waals surface area contributed by atoms with Crippen LogP contribution in [-0.2, 0) is 10.2 Å². The second-order valence-corrected chi connectivity index (χ2v) is 23.6. The van der Waals surface area contributed by atoms with Crippen LogP contribution >= 0.6 is 0 Å². The van der Waals surface area contributed by atoms with Crippen molar-refractivity contribution in [1.29, 1.82) is 0 Å². The van der Waals surface area contributed by atoms with E-state index in [0.29, 0.717) is 6.54 Å². The number of aliphatic carboxylic acids is 1. The molecule has 0 amide bonds. The molecule has 1 fully saturated rings. The number of rotatable bonds is 13. The van der Waals surface area contributed by atoms with Crippen LogP contribution in [0.25, 0.3) is 0 Å². The van der Waals surface area contributed by atoms with E-state index in [9.17, 15) is 4.79 Å². The Hall–Kier alpha value is -0.751. The SMILES string of the molecule is CCC[CH2][Sn]([CH2]CCC)([CH2]CCC)[c]1ccc2c(c1)OCC21CCN(CCC(=O)O)CC1. The summed E-state index contributed by atoms with van der Waals surface area (Å²) in [6.07, 6.45) is 10.5. The van der Waals surface area contributed by atoms with E-state index in [4.69, 9.17) is 9.84 Å². The van der Waals surface area contributed by atoms with Crippen molar-refractivity contribution in [2.45, 2.75) is 97.3 Å². The Bertz CT molecular complexity index is 721. The standard InChI is InChI=1S/C15H18NO3.3C4H9.Sn/c17-14(18)5-8-16-9-6-15(7-10-16)11-19-13-4-2-1-3-12(13)15;3*1-3-4-2;/h1,3-4H,5-11H2,(H,17,18);3*1,3-4H2,2H3;. The van der Waals surface area contributed by atoms with Gasteiger partial charge >= 0.3 is 201 Å². The molecule has 5 heteroatoms. The number of fused-ring (bicyclic) bond motifs is 2. The second-order valence-electron chi connectivity index (χ2n) is 10.4. The summed E-state index contributed by atoms with van der Waals surface area (Å²) in [5.74, 6) is 0.475. The van der Waals surface area contributed by atoms with Crippen LogP contribution in [0.1, 0.15) is 84.1 Å². The van der Waals surface area contributed by atoms with Crippen LogP contribution in [-0.4, -0.2) is 60.6 Å². The summed E-state index contributed by atoms with van der Waals surface area (Å²) in [5.41, 5.74) is 1.57. The molecule has 3 rings (SSSR count). The number of carboxylic acids is 1. The Kier molecular flexibility index (Phi) is 9.78. The molecule has 180 valence electrons. The summed E-state index contributed by atoms with van der Waals surface area (Å²) in [7, 11) is 0. The van der Waals surface area contributed by atoms with Gasteiger partial charge in [0.05, 0.1) is 0 Å². The molecular formula is C27H45NO3Sn. The quantitative estimate of drug-likeness (QED) is 0.309. The number of likely N-dealkylation sites (tertiary alicyclic amines) is 1. The molecule has 0 radical (unpaired) electrons. The molecule has 0 unspecified atom stereocenters. The fraction of sp³-hybridized carbons (Fsp3) is 0.741. The van der Waals surface area contributed by atoms with Crippen molar-refractivity contribution in [3.05, 3.63) is 23.8 Å². The predicted octanol–water partition coefficient (Wildman–Crippen LogP) is 5.94. The van der Waals surface area contributed by atoms with E-state index < -0.39 is 24.3 Å². The molecule has 1 aromatic carbocycles. The van der Waals surface area contributed by atoms with Crippen LogP contribution < -0.4 is 8.32 Å². The number of carboxylic acid groups (broad SMARTS) is 1. The minimum absolute atomic E-state index is 0.141. The molecule has 32 heavy (non-hydrogen) atoms. The van der Waals surface area contributed by atoms with E-state index in [0.717, 1.165) is 32.5 Å². The van der Waals surface area contributed by atoms with Gasteiger partial charge in [-0.1, -0.05) is 0 Å². The first-order valence-corrected chi connectivity index (χ1v) is 20.7. The van der Waals surface area contributed by atoms with Crippen LogP contribution in [0.4, 0.5) is 0 Å². The normalized spacial score (nSPS) is 18.0. The molecule has 0 atom stereocenters. The number of benzene rings is 1. The molecule has 2 aliphatic heterocycles. The Labute approximate surface area is 200 Å². The van der Waals surface area contributed by atoms with Gasteiger partial charge in [-0.05, 0) is 0 Å². The zero-order valence-electron chi connectivity index (χ0n) is 20.8. The van der Waals surface area contributed by atoms with Gasteiger partial charge in [-0.2, -0.15) is 0 Å². The first-order chi connectivity index (χ1) is 15.5. The van der Waals surface area contributed by atoms with Crippen molar-refractivity contribution in [1.82, 2.24) is 4.90 Å². The van der Waals surface area contributed by atoms with E-state index in [1.807, 2.05) is 0 Å². The molecule has 0 saturated carbocycles. The first kappa shape index (κ1) is 25.9. The number of carbonyl (C=O) groups is 1. The monoisotopic (exact) mass is 551 g/mol. The number of hydrogen-bond acceptors (Lipinski definition) is 3. The summed E-state index contributed by atoms with van der Waals surface area (Å²) in [4.78, 5) is 13.2. The minimum atomic E-state index is -2.44. The summed E-state index contributed by atoms with van der Waals surface area (Å²) in [5, 5.41) is 8.99. The van der Waals surface area contributed by atoms with Gasteiger partial charge in [0.15, 0.2) is 0 Å². The molecular weight excluding hydrogens is 505 g/mol. The number of piperidine rings is 1. The van der Waals surface area contributed by atoms with Gasteiger partial charge in [0.2, 0.25) is 0 Å². The van der Waals surface area contributed by atoms with Crippen molar-refractivity contribution < 1.29 is 14.6 Å². The summed E-state index contributed by atoms with van der Waals surface area (Å²) >= 11 is -2.44. The summed E-state index contributed by atoms with van der Waals surface area (Å²) in [6, 6.07) is 7.47. The number of hydrogen-bond donors (Lipinski definition) is 1. The maximum atomic E-state index is 10.9. The van der Waals surface area contributed by atoms with E-state index in [1.165, 1.54) is 63.1 Å². The van der Waals surface area contributed by atoms with E-state index in [1.54, 1.807) is 3.58 Å². The van der Waals surface area contributed by atoms with E-state index in [-0.39, 0.29) is 11.8 Å². The molecule has 1 saturated heterocycles. The van der Waals surface area contributed by atoms with E-state index >= 15 is 0 Å². The number of ether oxygens (including phenoxy) is 1. The molecule has 1 N–H and O–H groups in total. The van der Waals surface area contributed by atoms with Crippen LogP contribution in [0.2, 0.25) is 13.3 Å². The van der Waals surface area contributed by atoms with Gasteiger partial charge in [0.1, 0.15) is 0 Å². The average molecular weight is 550 g/mol. The van der Waals surface area contributed by atoms with Gasteiger partial charge in [-0.3, -0.25) is 0 Å². The van der Waals surface area contributed by atoms with Crippen LogP contribution in [0.3, 0.4) is 0 Å². The first-order valence-electron chi connectivity index (χ1n) is 13.2. The molecule has 2 heterocycles. The molecule has 1 aromatic rings. The van der Waals surface area contributed by atoms with Crippen molar-refractivity contribution in [3.63, 3.8) is 0 Å². The Morgan fingerprint density at radius 2 is 1.62 bits per heavy atom. The molecule has 2 aliphatic rings. The Morgan fingerprint density at radius 3 is 2.16 bits per heavy atom. The Balaban J connectivity index is 1.80. The zero-order chi connectivity index (χ0) is 23.0. The van der Waals surface area contributed by atoms with Gasteiger partial charge < -0.3 is 0 Å². The molecule has 1 spiro atoms. The number of nitrogens with zero attached hydrogens (tertiary/aromatic N) is 1. The van der Waals surface area contributed by atoms with E-state index in [2.05, 4.69) is 43.9 Å². The summed E-state index contributed by atoms with van der Waals surface area (Å²) < 4.78 is 12.6. The molecule has 4 nitrogen and oxygen atoms in total. The topological polar surface area (TPSA) is 49.8 Å². The maximum absolute atomic E-state index is 10.9. The molecule has 0 aliphatic carbocycles. The van der Waals surface area contributed by atoms with Gasteiger partial charge in [-0.15, -0.1) is 0 Å². The van der Waals surface area contributed by atoms with Crippen molar-refractivity contribution >= 4 is 27.9 Å². The summed E-state index contributed by atoms with van der Waals surface area (Å²) in [6.45, 7) is 10.5. The second kappa shape index (κ2) is 12.1. The molecule has 0 bridgehead atoms. The van der Waals surface area contributed by atoms with Crippen LogP contribution in [0.5, 0.6) is 5.75 Å². The van der Waals surface area contributed by atoms with Gasteiger partial charge in [0.25, 0.3) is 0 Å². The number of unbranched alkanes of at least 4 members (excludes halogenated alkanes) is 3. The fourth-order valence-electron chi connectivity index (χ4n) is 5.93. The third-order valence-corrected chi connectivity index (χ3v) is 23.8.